The van der Waals surface area contributed by atoms with Gasteiger partial charge in [0.05, 0.1) is 23.8 Å². The Morgan fingerprint density at radius 3 is 2.36 bits per heavy atom. The van der Waals surface area contributed by atoms with E-state index in [0.29, 0.717) is 0 Å². The Morgan fingerprint density at radius 2 is 1.64 bits per heavy atom. The van der Waals surface area contributed by atoms with Crippen molar-refractivity contribution in [3.8, 4) is 16.1 Å². The summed E-state index contributed by atoms with van der Waals surface area (Å²) >= 11 is 1.81. The Balaban J connectivity index is 1.63. The minimum Gasteiger partial charge on any atom is -0.378 e. The van der Waals surface area contributed by atoms with E-state index in [4.69, 9.17) is 4.74 Å². The van der Waals surface area contributed by atoms with Gasteiger partial charge in [-0.3, -0.25) is 0 Å². The van der Waals surface area contributed by atoms with E-state index in [1.807, 2.05) is 23.5 Å². The molecule has 0 atom stereocenters. The van der Waals surface area contributed by atoms with Crippen molar-refractivity contribution < 1.29 is 4.74 Å². The van der Waals surface area contributed by atoms with E-state index >= 15 is 0 Å². The number of morpholine rings is 1. The van der Waals surface area contributed by atoms with Crippen molar-refractivity contribution in [2.45, 2.75) is 0 Å². The Hall–Kier alpha value is -2.04. The van der Waals surface area contributed by atoms with Crippen LogP contribution in [0.1, 0.15) is 0 Å². The zero-order chi connectivity index (χ0) is 14.8. The van der Waals surface area contributed by atoms with E-state index in [2.05, 4.69) is 57.6 Å². The van der Waals surface area contributed by atoms with Crippen LogP contribution >= 0.6 is 11.3 Å². The molecule has 0 unspecified atom stereocenters. The molecule has 1 saturated heterocycles. The first-order valence-corrected chi connectivity index (χ1v) is 8.44. The van der Waals surface area contributed by atoms with Crippen LogP contribution in [0.5, 0.6) is 0 Å². The van der Waals surface area contributed by atoms with Gasteiger partial charge in [0.15, 0.2) is 0 Å². The van der Waals surface area contributed by atoms with E-state index in [1.165, 1.54) is 21.8 Å². The third-order valence-electron chi connectivity index (χ3n) is 4.03. The Bertz CT molecular complexity index is 725. The minimum absolute atomic E-state index is 0.821. The summed E-state index contributed by atoms with van der Waals surface area (Å²) < 4.78 is 7.59. The molecule has 3 heterocycles. The number of nitrogens with zero attached hydrogens (tertiary/aromatic N) is 2. The standard InChI is InChI=1S/C18H18N2OS/c1-2-9-19(8-1)16-5-3-15(4-6-16)18-17(7-14-22-18)20-10-12-21-13-11-20/h1-9,14H,10-13H2. The first-order valence-electron chi connectivity index (χ1n) is 7.56. The van der Waals surface area contributed by atoms with E-state index < -0.39 is 0 Å². The lowest BCUT2D eigenvalue weighted by atomic mass is 10.1. The predicted molar refractivity (Wildman–Crippen MR) is 92.1 cm³/mol. The molecule has 4 rings (SSSR count). The largest absolute Gasteiger partial charge is 0.378 e. The van der Waals surface area contributed by atoms with E-state index in [0.717, 1.165) is 26.3 Å². The fourth-order valence-corrected chi connectivity index (χ4v) is 3.79. The molecule has 0 bridgehead atoms. The topological polar surface area (TPSA) is 17.4 Å². The maximum atomic E-state index is 5.46. The second kappa shape index (κ2) is 5.99. The first-order chi connectivity index (χ1) is 10.9. The first kappa shape index (κ1) is 13.6. The molecule has 22 heavy (non-hydrogen) atoms. The lowest BCUT2D eigenvalue weighted by Crippen LogP contribution is -2.36. The van der Waals surface area contributed by atoms with Gasteiger partial charge in [-0.15, -0.1) is 11.3 Å². The van der Waals surface area contributed by atoms with Crippen LogP contribution in [0, 0.1) is 0 Å². The summed E-state index contributed by atoms with van der Waals surface area (Å²) in [6, 6.07) is 15.1. The second-order valence-corrected chi connectivity index (χ2v) is 6.29. The third kappa shape index (κ3) is 2.56. The number of hydrogen-bond acceptors (Lipinski definition) is 3. The molecule has 112 valence electrons. The number of benzene rings is 1. The summed E-state index contributed by atoms with van der Waals surface area (Å²) in [6.45, 7) is 3.60. The van der Waals surface area contributed by atoms with Crippen LogP contribution in [0.15, 0.2) is 60.2 Å². The van der Waals surface area contributed by atoms with Crippen molar-refractivity contribution in [1.29, 1.82) is 0 Å². The molecule has 1 aromatic carbocycles. The molecule has 3 nitrogen and oxygen atoms in total. The van der Waals surface area contributed by atoms with Gasteiger partial charge in [0.2, 0.25) is 0 Å². The van der Waals surface area contributed by atoms with Gasteiger partial charge in [-0.25, -0.2) is 0 Å². The monoisotopic (exact) mass is 310 g/mol. The zero-order valence-electron chi connectivity index (χ0n) is 12.3. The van der Waals surface area contributed by atoms with Crippen molar-refractivity contribution in [3.63, 3.8) is 0 Å². The highest BCUT2D eigenvalue weighted by molar-refractivity contribution is 7.14. The van der Waals surface area contributed by atoms with Crippen LogP contribution < -0.4 is 4.90 Å². The quantitative estimate of drug-likeness (QED) is 0.726. The predicted octanol–water partition coefficient (Wildman–Crippen LogP) is 4.04. The van der Waals surface area contributed by atoms with Crippen molar-refractivity contribution >= 4 is 17.0 Å². The fourth-order valence-electron chi connectivity index (χ4n) is 2.86. The number of aromatic nitrogens is 1. The minimum atomic E-state index is 0.821. The fraction of sp³-hybridized carbons (Fsp3) is 0.222. The highest BCUT2D eigenvalue weighted by atomic mass is 32.1. The molecule has 3 aromatic rings. The molecule has 0 spiro atoms. The Morgan fingerprint density at radius 1 is 0.909 bits per heavy atom. The van der Waals surface area contributed by atoms with Crippen molar-refractivity contribution in [2.24, 2.45) is 0 Å². The zero-order valence-corrected chi connectivity index (χ0v) is 13.1. The van der Waals surface area contributed by atoms with Gasteiger partial charge in [0.25, 0.3) is 0 Å². The average molecular weight is 310 g/mol. The highest BCUT2D eigenvalue weighted by Gasteiger charge is 2.16. The number of rotatable bonds is 3. The maximum Gasteiger partial charge on any atom is 0.0642 e. The number of anilines is 1. The normalized spacial score (nSPS) is 15.2. The van der Waals surface area contributed by atoms with Crippen LogP contribution in [0.3, 0.4) is 0 Å². The molecular formula is C18H18N2OS. The van der Waals surface area contributed by atoms with E-state index in [1.54, 1.807) is 0 Å². The molecule has 2 aromatic heterocycles. The summed E-state index contributed by atoms with van der Waals surface area (Å²) in [5, 5.41) is 2.18. The Kier molecular flexibility index (Phi) is 3.70. The molecule has 0 radical (unpaired) electrons. The van der Waals surface area contributed by atoms with Gasteiger partial charge < -0.3 is 14.2 Å². The molecule has 0 saturated carbocycles. The number of hydrogen-bond donors (Lipinski definition) is 0. The van der Waals surface area contributed by atoms with Gasteiger partial charge in [0.1, 0.15) is 0 Å². The molecule has 1 aliphatic rings. The lowest BCUT2D eigenvalue weighted by molar-refractivity contribution is 0.123. The van der Waals surface area contributed by atoms with Gasteiger partial charge in [0, 0.05) is 31.2 Å². The highest BCUT2D eigenvalue weighted by Crippen LogP contribution is 2.36. The maximum absolute atomic E-state index is 5.46. The molecule has 1 aliphatic heterocycles. The van der Waals surface area contributed by atoms with Gasteiger partial charge >= 0.3 is 0 Å². The summed E-state index contributed by atoms with van der Waals surface area (Å²) in [4.78, 5) is 3.77. The summed E-state index contributed by atoms with van der Waals surface area (Å²) in [6.07, 6.45) is 4.14. The molecule has 0 N–H and O–H groups in total. The van der Waals surface area contributed by atoms with Crippen LogP contribution in [-0.4, -0.2) is 30.9 Å². The van der Waals surface area contributed by atoms with E-state index in [-0.39, 0.29) is 0 Å². The summed E-state index contributed by atoms with van der Waals surface area (Å²) in [7, 11) is 0. The van der Waals surface area contributed by atoms with Crippen LogP contribution in [0.4, 0.5) is 5.69 Å². The number of thiophene rings is 1. The smallest absolute Gasteiger partial charge is 0.0642 e. The molecule has 0 aliphatic carbocycles. The number of ether oxygens (including phenoxy) is 1. The third-order valence-corrected chi connectivity index (χ3v) is 4.98. The van der Waals surface area contributed by atoms with Crippen molar-refractivity contribution in [1.82, 2.24) is 4.57 Å². The van der Waals surface area contributed by atoms with Gasteiger partial charge in [-0.2, -0.15) is 0 Å². The van der Waals surface area contributed by atoms with Crippen molar-refractivity contribution in [2.75, 3.05) is 31.2 Å². The molecular weight excluding hydrogens is 292 g/mol. The van der Waals surface area contributed by atoms with Gasteiger partial charge in [-0.1, -0.05) is 12.1 Å². The summed E-state index contributed by atoms with van der Waals surface area (Å²) in [5.74, 6) is 0. The molecule has 0 amide bonds. The molecule has 1 fully saturated rings. The average Bonchev–Trinajstić information content (AvgIpc) is 3.28. The van der Waals surface area contributed by atoms with Crippen LogP contribution in [0.2, 0.25) is 0 Å². The van der Waals surface area contributed by atoms with Crippen LogP contribution in [-0.2, 0) is 4.74 Å². The SMILES string of the molecule is c1ccn(-c2ccc(-c3sccc3N3CCOCC3)cc2)c1. The summed E-state index contributed by atoms with van der Waals surface area (Å²) in [5.41, 5.74) is 3.81. The Labute approximate surface area is 134 Å². The van der Waals surface area contributed by atoms with Crippen LogP contribution in [0.25, 0.3) is 16.1 Å². The molecule has 4 heteroatoms. The van der Waals surface area contributed by atoms with E-state index in [9.17, 15) is 0 Å². The van der Waals surface area contributed by atoms with Gasteiger partial charge in [-0.05, 0) is 41.3 Å². The van der Waals surface area contributed by atoms with Crippen molar-refractivity contribution in [3.05, 3.63) is 60.2 Å². The lowest BCUT2D eigenvalue weighted by Gasteiger charge is -2.29. The second-order valence-electron chi connectivity index (χ2n) is 5.37.